The molecule has 0 fully saturated rings. The van der Waals surface area contributed by atoms with E-state index in [9.17, 15) is 18.8 Å². The van der Waals surface area contributed by atoms with Gasteiger partial charge in [0.25, 0.3) is 11.5 Å². The number of methoxy groups -OCH3 is 1. The Hall–Kier alpha value is -5.65. The summed E-state index contributed by atoms with van der Waals surface area (Å²) in [6.45, 7) is 7.23. The molecule has 0 saturated carbocycles. The third-order valence-corrected chi connectivity index (χ3v) is 6.80. The summed E-state index contributed by atoms with van der Waals surface area (Å²) < 4.78 is 42.0. The lowest BCUT2D eigenvalue weighted by molar-refractivity contribution is 0.102. The Labute approximate surface area is 249 Å². The van der Waals surface area contributed by atoms with Crippen LogP contribution in [0.3, 0.4) is 0 Å². The van der Waals surface area contributed by atoms with Gasteiger partial charge in [-0.25, -0.2) is 18.1 Å². The highest BCUT2D eigenvalue weighted by atomic mass is 19.1. The van der Waals surface area contributed by atoms with Gasteiger partial charge < -0.3 is 14.8 Å². The predicted molar refractivity (Wildman–Crippen MR) is 163 cm³/mol. The van der Waals surface area contributed by atoms with Gasteiger partial charge in [0, 0.05) is 47.2 Å². The second-order valence-corrected chi connectivity index (χ2v) is 10.0. The number of rotatable bonds is 9. The lowest BCUT2D eigenvalue weighted by Gasteiger charge is -2.16. The van der Waals surface area contributed by atoms with E-state index in [4.69, 9.17) is 9.47 Å². The van der Waals surface area contributed by atoms with Gasteiger partial charge in [-0.1, -0.05) is 0 Å². The van der Waals surface area contributed by atoms with Gasteiger partial charge in [-0.15, -0.1) is 0 Å². The van der Waals surface area contributed by atoms with Gasteiger partial charge in [0.15, 0.2) is 11.6 Å². The number of aliphatic imine (C=N–C) groups is 1. The van der Waals surface area contributed by atoms with Gasteiger partial charge in [-0.05, 0) is 69.1 Å². The third kappa shape index (κ3) is 5.82. The van der Waals surface area contributed by atoms with Crippen molar-refractivity contribution in [3.05, 3.63) is 117 Å². The van der Waals surface area contributed by atoms with E-state index in [-0.39, 0.29) is 22.7 Å². The van der Waals surface area contributed by atoms with Gasteiger partial charge in [0.1, 0.15) is 22.9 Å². The summed E-state index contributed by atoms with van der Waals surface area (Å²) in [5.74, 6) is -1.43. The van der Waals surface area contributed by atoms with Crippen LogP contribution in [0.25, 0.3) is 16.6 Å². The van der Waals surface area contributed by atoms with Crippen molar-refractivity contribution in [3.8, 4) is 22.9 Å². The smallest absolute Gasteiger partial charge is 0.335 e. The number of hydrogen-bond donors (Lipinski definition) is 1. The lowest BCUT2D eigenvalue weighted by Crippen LogP contribution is -2.42. The number of aromatic nitrogens is 3. The Bertz CT molecular complexity index is 2020. The molecule has 0 aliphatic heterocycles. The van der Waals surface area contributed by atoms with E-state index in [0.717, 1.165) is 34.5 Å². The minimum absolute atomic E-state index is 0.0403. The lowest BCUT2D eigenvalue weighted by atomic mass is 10.1. The molecule has 0 spiro atoms. The average molecular weight is 600 g/mol. The summed E-state index contributed by atoms with van der Waals surface area (Å²) in [5.41, 5.74) is -0.545. The van der Waals surface area contributed by atoms with Crippen LogP contribution in [0.2, 0.25) is 0 Å². The molecule has 5 rings (SSSR count). The molecule has 1 amide bonds. The summed E-state index contributed by atoms with van der Waals surface area (Å²) in [6, 6.07) is 13.2. The highest BCUT2D eigenvalue weighted by Gasteiger charge is 2.21. The molecule has 0 aliphatic rings. The first kappa shape index (κ1) is 29.8. The van der Waals surface area contributed by atoms with Gasteiger partial charge >= 0.3 is 5.69 Å². The van der Waals surface area contributed by atoms with Crippen molar-refractivity contribution >= 4 is 29.2 Å². The van der Waals surface area contributed by atoms with Crippen molar-refractivity contribution in [2.75, 3.05) is 12.4 Å². The van der Waals surface area contributed by atoms with Crippen LogP contribution in [0.5, 0.6) is 17.2 Å². The molecule has 0 unspecified atom stereocenters. The first-order valence-corrected chi connectivity index (χ1v) is 13.4. The van der Waals surface area contributed by atoms with E-state index in [1.807, 2.05) is 0 Å². The quantitative estimate of drug-likeness (QED) is 0.219. The number of anilines is 1. The van der Waals surface area contributed by atoms with Crippen molar-refractivity contribution in [1.29, 1.82) is 0 Å². The topological polar surface area (TPSA) is 117 Å². The molecular formula is C32H27F2N5O5. The first-order valence-electron chi connectivity index (χ1n) is 13.4. The highest BCUT2D eigenvalue weighted by Crippen LogP contribution is 2.35. The Balaban J connectivity index is 1.45. The van der Waals surface area contributed by atoms with Crippen LogP contribution < -0.4 is 26.0 Å². The summed E-state index contributed by atoms with van der Waals surface area (Å²) in [5, 5.41) is 3.10. The number of amides is 1. The SMILES string of the molecule is C=NCc1cc2c(Oc3ccc(NC(=O)c4cn(C(C)C)c(=O)n(-c5ccc(F)cc5)c4=O)cc3F)ccnc2cc1OC. The molecule has 0 bridgehead atoms. The van der Waals surface area contributed by atoms with E-state index in [1.54, 1.807) is 32.0 Å². The number of nitrogens with zero attached hydrogens (tertiary/aromatic N) is 4. The molecular weight excluding hydrogens is 572 g/mol. The molecule has 0 aliphatic carbocycles. The van der Waals surface area contributed by atoms with Crippen LogP contribution >= 0.6 is 0 Å². The molecule has 0 atom stereocenters. The van der Waals surface area contributed by atoms with Crippen LogP contribution in [0.1, 0.15) is 35.8 Å². The van der Waals surface area contributed by atoms with Crippen molar-refractivity contribution in [1.82, 2.24) is 14.1 Å². The molecule has 0 saturated heterocycles. The van der Waals surface area contributed by atoms with E-state index in [2.05, 4.69) is 22.0 Å². The number of ether oxygens (including phenoxy) is 2. The maximum absolute atomic E-state index is 15.3. The number of benzene rings is 3. The summed E-state index contributed by atoms with van der Waals surface area (Å²) in [6.07, 6.45) is 2.67. The van der Waals surface area contributed by atoms with Gasteiger partial charge in [0.2, 0.25) is 0 Å². The van der Waals surface area contributed by atoms with Gasteiger partial charge in [-0.2, -0.15) is 0 Å². The maximum atomic E-state index is 15.3. The predicted octanol–water partition coefficient (Wildman–Crippen LogP) is 5.66. The minimum Gasteiger partial charge on any atom is -0.496 e. The number of hydrogen-bond acceptors (Lipinski definition) is 7. The van der Waals surface area contributed by atoms with E-state index < -0.39 is 34.8 Å². The molecule has 224 valence electrons. The minimum atomic E-state index is -0.913. The fourth-order valence-corrected chi connectivity index (χ4v) is 4.61. The summed E-state index contributed by atoms with van der Waals surface area (Å²) in [4.78, 5) is 47.9. The number of carbonyl (C=O) groups is 1. The number of pyridine rings is 1. The van der Waals surface area contributed by atoms with E-state index in [0.29, 0.717) is 28.9 Å². The Morgan fingerprint density at radius 2 is 1.77 bits per heavy atom. The third-order valence-electron chi connectivity index (χ3n) is 6.80. The number of carbonyl (C=O) groups excluding carboxylic acids is 1. The second kappa shape index (κ2) is 12.3. The summed E-state index contributed by atoms with van der Waals surface area (Å²) >= 11 is 0. The van der Waals surface area contributed by atoms with E-state index >= 15 is 4.39 Å². The molecule has 5 aromatic rings. The molecule has 3 aromatic carbocycles. The molecule has 10 nitrogen and oxygen atoms in total. The van der Waals surface area contributed by atoms with Crippen LogP contribution in [-0.4, -0.2) is 33.9 Å². The molecule has 1 N–H and O–H groups in total. The fraction of sp³-hybridized carbons (Fsp3) is 0.156. The van der Waals surface area contributed by atoms with E-state index in [1.165, 1.54) is 42.1 Å². The zero-order chi connectivity index (χ0) is 31.5. The molecule has 2 heterocycles. The number of halogens is 2. The van der Waals surface area contributed by atoms with Crippen LogP contribution in [-0.2, 0) is 6.54 Å². The molecule has 12 heteroatoms. The number of fused-ring (bicyclic) bond motifs is 1. The first-order chi connectivity index (χ1) is 21.1. The average Bonchev–Trinajstić information content (AvgIpc) is 2.99. The Morgan fingerprint density at radius 1 is 1.02 bits per heavy atom. The number of nitrogens with one attached hydrogen (secondary N) is 1. The van der Waals surface area contributed by atoms with Crippen molar-refractivity contribution < 1.29 is 23.0 Å². The summed E-state index contributed by atoms with van der Waals surface area (Å²) in [7, 11) is 1.53. The van der Waals surface area contributed by atoms with Crippen molar-refractivity contribution in [3.63, 3.8) is 0 Å². The standard InChI is InChI=1S/C32H27F2N5O5/c1-18(2)38-17-24(31(41)39(32(38)42)22-8-5-20(33)6-9-22)30(40)37-21-7-10-28(25(34)14-21)44-27-11-12-36-26-15-29(43-4)19(16-35-3)13-23(26)27/h5-15,17-18H,3,16H2,1-2,4H3,(H,37,40). The zero-order valence-corrected chi connectivity index (χ0v) is 24.0. The Kier molecular flexibility index (Phi) is 8.34. The van der Waals surface area contributed by atoms with Gasteiger partial charge in [0.05, 0.1) is 24.9 Å². The second-order valence-electron chi connectivity index (χ2n) is 10.0. The van der Waals surface area contributed by atoms with Crippen LogP contribution in [0, 0.1) is 11.6 Å². The normalized spacial score (nSPS) is 11.0. The maximum Gasteiger partial charge on any atom is 0.335 e. The van der Waals surface area contributed by atoms with Crippen LogP contribution in [0.4, 0.5) is 14.5 Å². The Morgan fingerprint density at radius 3 is 2.43 bits per heavy atom. The van der Waals surface area contributed by atoms with Crippen molar-refractivity contribution in [2.24, 2.45) is 4.99 Å². The van der Waals surface area contributed by atoms with Crippen molar-refractivity contribution in [2.45, 2.75) is 26.4 Å². The largest absolute Gasteiger partial charge is 0.496 e. The van der Waals surface area contributed by atoms with Crippen LogP contribution in [0.15, 0.2) is 87.6 Å². The molecule has 2 aromatic heterocycles. The fourth-order valence-electron chi connectivity index (χ4n) is 4.61. The zero-order valence-electron chi connectivity index (χ0n) is 24.0. The van der Waals surface area contributed by atoms with Gasteiger partial charge in [-0.3, -0.25) is 24.1 Å². The molecule has 0 radical (unpaired) electrons. The molecule has 44 heavy (non-hydrogen) atoms. The highest BCUT2D eigenvalue weighted by molar-refractivity contribution is 6.04. The monoisotopic (exact) mass is 599 g/mol.